The number of nitrogens with one attached hydrogen (secondary N) is 2. The number of piperidine rings is 1. The minimum absolute atomic E-state index is 0.224. The number of hydrogen-bond donors (Lipinski definition) is 2. The van der Waals surface area contributed by atoms with Gasteiger partial charge in [-0.05, 0) is 25.8 Å². The predicted molar refractivity (Wildman–Crippen MR) is 94.8 cm³/mol. The van der Waals surface area contributed by atoms with Crippen LogP contribution in [0, 0.1) is 0 Å². The van der Waals surface area contributed by atoms with E-state index in [0.29, 0.717) is 17.0 Å². The lowest BCUT2D eigenvalue weighted by Gasteiger charge is -2.35. The van der Waals surface area contributed by atoms with Crippen LogP contribution in [0.1, 0.15) is 43.3 Å². The fourth-order valence-corrected chi connectivity index (χ4v) is 3.78. The Morgan fingerprint density at radius 1 is 1.40 bits per heavy atom. The minimum Gasteiger partial charge on any atom is -0.355 e. The zero-order valence-electron chi connectivity index (χ0n) is 14.7. The van der Waals surface area contributed by atoms with Crippen molar-refractivity contribution < 1.29 is 13.2 Å². The van der Waals surface area contributed by atoms with Crippen LogP contribution >= 0.6 is 11.3 Å². The molecule has 1 aliphatic rings. The molecular weight excluding hydrogens is 351 g/mol. The van der Waals surface area contributed by atoms with Gasteiger partial charge in [0.05, 0.1) is 6.54 Å². The van der Waals surface area contributed by atoms with Crippen LogP contribution in [0.15, 0.2) is 10.4 Å². The molecule has 0 spiro atoms. The highest BCUT2D eigenvalue weighted by atomic mass is 32.1. The van der Waals surface area contributed by atoms with Gasteiger partial charge in [-0.3, -0.25) is 9.89 Å². The summed E-state index contributed by atoms with van der Waals surface area (Å²) in [5, 5.41) is 7.66. The van der Waals surface area contributed by atoms with Crippen LogP contribution in [0.25, 0.3) is 0 Å². The Bertz CT molecular complexity index is 558. The van der Waals surface area contributed by atoms with Crippen molar-refractivity contribution in [2.45, 2.75) is 51.4 Å². The maximum Gasteiger partial charge on any atom is 0.434 e. The van der Waals surface area contributed by atoms with Crippen molar-refractivity contribution in [3.8, 4) is 0 Å². The van der Waals surface area contributed by atoms with E-state index in [4.69, 9.17) is 0 Å². The van der Waals surface area contributed by atoms with Crippen LogP contribution in [-0.4, -0.2) is 48.6 Å². The average molecular weight is 377 g/mol. The van der Waals surface area contributed by atoms with Gasteiger partial charge < -0.3 is 10.6 Å². The molecule has 5 nitrogen and oxygen atoms in total. The first-order valence-corrected chi connectivity index (χ1v) is 9.52. The smallest absolute Gasteiger partial charge is 0.355 e. The molecule has 0 amide bonds. The van der Waals surface area contributed by atoms with Gasteiger partial charge in [-0.1, -0.05) is 13.3 Å². The van der Waals surface area contributed by atoms with Gasteiger partial charge >= 0.3 is 6.18 Å². The first-order valence-electron chi connectivity index (χ1n) is 8.64. The molecule has 25 heavy (non-hydrogen) atoms. The molecule has 1 saturated heterocycles. The lowest BCUT2D eigenvalue weighted by molar-refractivity contribution is -0.140. The van der Waals surface area contributed by atoms with E-state index in [1.54, 1.807) is 7.05 Å². The molecule has 1 aromatic heterocycles. The van der Waals surface area contributed by atoms with E-state index in [2.05, 4.69) is 32.4 Å². The van der Waals surface area contributed by atoms with Crippen molar-refractivity contribution in [3.05, 3.63) is 16.1 Å². The average Bonchev–Trinajstić information content (AvgIpc) is 3.07. The Kier molecular flexibility index (Phi) is 7.49. The maximum atomic E-state index is 12.6. The third kappa shape index (κ3) is 6.14. The number of thiazole rings is 1. The zero-order chi connectivity index (χ0) is 18.3. The summed E-state index contributed by atoms with van der Waals surface area (Å²) in [6.07, 6.45) is 0.584. The van der Waals surface area contributed by atoms with Gasteiger partial charge in [0.1, 0.15) is 5.01 Å². The molecule has 1 fully saturated rings. The molecule has 2 N–H and O–H groups in total. The Hall–Kier alpha value is -1.35. The zero-order valence-corrected chi connectivity index (χ0v) is 15.5. The monoisotopic (exact) mass is 377 g/mol. The van der Waals surface area contributed by atoms with Gasteiger partial charge in [0.2, 0.25) is 0 Å². The van der Waals surface area contributed by atoms with Crippen molar-refractivity contribution in [1.82, 2.24) is 20.5 Å². The molecular formula is C16H26F3N5S. The molecule has 9 heteroatoms. The first-order chi connectivity index (χ1) is 11.9. The highest BCUT2D eigenvalue weighted by Crippen LogP contribution is 2.29. The van der Waals surface area contributed by atoms with Crippen LogP contribution in [-0.2, 0) is 12.7 Å². The predicted octanol–water partition coefficient (Wildman–Crippen LogP) is 3.09. The van der Waals surface area contributed by atoms with Gasteiger partial charge in [0.25, 0.3) is 0 Å². The molecule has 142 valence electrons. The fourth-order valence-electron chi connectivity index (χ4n) is 3.04. The second-order valence-corrected chi connectivity index (χ2v) is 7.01. The number of alkyl halides is 3. The normalized spacial score (nSPS) is 19.9. The Morgan fingerprint density at radius 3 is 2.84 bits per heavy atom. The number of likely N-dealkylation sites (tertiary alicyclic amines) is 1. The van der Waals surface area contributed by atoms with E-state index in [1.807, 2.05) is 0 Å². The second kappa shape index (κ2) is 9.38. The Balaban J connectivity index is 1.74. The van der Waals surface area contributed by atoms with Gasteiger partial charge in [0.15, 0.2) is 11.7 Å². The fraction of sp³-hybridized carbons (Fsp3) is 0.750. The molecule has 1 atom stereocenters. The summed E-state index contributed by atoms with van der Waals surface area (Å²) in [7, 11) is 1.65. The quantitative estimate of drug-likeness (QED) is 0.591. The van der Waals surface area contributed by atoms with Crippen LogP contribution in [0.2, 0.25) is 0 Å². The highest BCUT2D eigenvalue weighted by Gasteiger charge is 2.33. The molecule has 1 unspecified atom stereocenters. The summed E-state index contributed by atoms with van der Waals surface area (Å²) >= 11 is 0.994. The summed E-state index contributed by atoms with van der Waals surface area (Å²) in [4.78, 5) is 10.2. The van der Waals surface area contributed by atoms with Crippen LogP contribution in [0.4, 0.5) is 13.2 Å². The summed E-state index contributed by atoms with van der Waals surface area (Å²) in [5.41, 5.74) is -0.840. The van der Waals surface area contributed by atoms with Gasteiger partial charge in [-0.15, -0.1) is 11.3 Å². The summed E-state index contributed by atoms with van der Waals surface area (Å²) in [6.45, 7) is 5.27. The number of rotatable bonds is 6. The largest absolute Gasteiger partial charge is 0.434 e. The van der Waals surface area contributed by atoms with E-state index < -0.39 is 11.9 Å². The first kappa shape index (κ1) is 20.0. The number of halogens is 3. The molecule has 0 aliphatic carbocycles. The topological polar surface area (TPSA) is 52.5 Å². The number of aliphatic imine (C=N–C) groups is 1. The van der Waals surface area contributed by atoms with Gasteiger partial charge in [-0.2, -0.15) is 13.2 Å². The van der Waals surface area contributed by atoms with Crippen molar-refractivity contribution in [2.24, 2.45) is 4.99 Å². The maximum absolute atomic E-state index is 12.6. The molecule has 0 bridgehead atoms. The summed E-state index contributed by atoms with van der Waals surface area (Å²) in [6, 6.07) is 0.654. The Morgan fingerprint density at radius 2 is 2.20 bits per heavy atom. The summed E-state index contributed by atoms with van der Waals surface area (Å²) in [5.74, 6) is 0.578. The van der Waals surface area contributed by atoms with Crippen molar-refractivity contribution in [3.63, 3.8) is 0 Å². The molecule has 2 heterocycles. The van der Waals surface area contributed by atoms with Crippen molar-refractivity contribution >= 4 is 17.3 Å². The lowest BCUT2D eigenvalue weighted by Crippen LogP contribution is -2.45. The van der Waals surface area contributed by atoms with Crippen molar-refractivity contribution in [2.75, 3.05) is 26.7 Å². The van der Waals surface area contributed by atoms with Crippen LogP contribution in [0.5, 0.6) is 0 Å². The third-order valence-electron chi connectivity index (χ3n) is 4.38. The van der Waals surface area contributed by atoms with Gasteiger partial charge in [-0.25, -0.2) is 4.98 Å². The number of aromatic nitrogens is 1. The second-order valence-electron chi connectivity index (χ2n) is 6.07. The van der Waals surface area contributed by atoms with Crippen LogP contribution in [0.3, 0.4) is 0 Å². The van der Waals surface area contributed by atoms with E-state index in [-0.39, 0.29) is 6.54 Å². The van der Waals surface area contributed by atoms with Crippen LogP contribution < -0.4 is 10.6 Å². The molecule has 2 rings (SSSR count). The summed E-state index contributed by atoms with van der Waals surface area (Å²) < 4.78 is 37.7. The van der Waals surface area contributed by atoms with E-state index in [9.17, 15) is 13.2 Å². The lowest BCUT2D eigenvalue weighted by atomic mass is 10.0. The highest BCUT2D eigenvalue weighted by molar-refractivity contribution is 7.09. The standard InChI is InChI=1S/C16H26F3N5S/c1-3-12-6-4-5-8-24(12)9-7-21-15(20-2)22-10-14-23-13(11-25-14)16(17,18)19/h11-12H,3-10H2,1-2H3,(H2,20,21,22). The molecule has 1 aliphatic heterocycles. The Labute approximate surface area is 150 Å². The molecule has 1 aromatic rings. The molecule has 0 radical (unpaired) electrons. The van der Waals surface area contributed by atoms with Crippen molar-refractivity contribution in [1.29, 1.82) is 0 Å². The van der Waals surface area contributed by atoms with E-state index in [1.165, 1.54) is 25.7 Å². The number of nitrogens with zero attached hydrogens (tertiary/aromatic N) is 3. The minimum atomic E-state index is -4.39. The van der Waals surface area contributed by atoms with E-state index in [0.717, 1.165) is 36.4 Å². The van der Waals surface area contributed by atoms with E-state index >= 15 is 0 Å². The number of hydrogen-bond acceptors (Lipinski definition) is 4. The third-order valence-corrected chi connectivity index (χ3v) is 5.23. The SMILES string of the molecule is CCC1CCCCN1CCNC(=NC)NCc1nc(C(F)(F)F)cs1. The molecule has 0 saturated carbocycles. The van der Waals surface area contributed by atoms with Gasteiger partial charge in [0, 0.05) is 31.6 Å². The molecule has 0 aromatic carbocycles. The number of guanidine groups is 1.